The number of urea groups is 1. The molecule has 2 amide bonds. The van der Waals surface area contributed by atoms with Gasteiger partial charge < -0.3 is 15.0 Å². The van der Waals surface area contributed by atoms with Crippen LogP contribution in [-0.2, 0) is 17.7 Å². The molecule has 0 radical (unpaired) electrons. The largest absolute Gasteiger partial charge is 0.383 e. The highest BCUT2D eigenvalue weighted by Gasteiger charge is 2.10. The molecule has 0 fully saturated rings. The molecule has 0 aliphatic rings. The average Bonchev–Trinajstić information content (AvgIpc) is 2.77. The summed E-state index contributed by atoms with van der Waals surface area (Å²) in [6.45, 7) is 3.73. The summed E-state index contributed by atoms with van der Waals surface area (Å²) in [4.78, 5) is 18.6. The molecule has 5 nitrogen and oxygen atoms in total. The molecule has 0 aliphatic heterocycles. The highest BCUT2D eigenvalue weighted by Crippen LogP contribution is 2.14. The van der Waals surface area contributed by atoms with Crippen molar-refractivity contribution < 1.29 is 9.53 Å². The van der Waals surface area contributed by atoms with Gasteiger partial charge in [-0.2, -0.15) is 0 Å². The van der Waals surface area contributed by atoms with Crippen molar-refractivity contribution in [3.8, 4) is 0 Å². The van der Waals surface area contributed by atoms with Crippen LogP contribution >= 0.6 is 11.3 Å². The molecule has 0 aliphatic carbocycles. The monoisotopic (exact) mass is 257 g/mol. The quantitative estimate of drug-likeness (QED) is 0.786. The Balaban J connectivity index is 2.37. The predicted octanol–water partition coefficient (Wildman–Crippen LogP) is 1.49. The zero-order valence-corrected chi connectivity index (χ0v) is 11.3. The Morgan fingerprint density at radius 1 is 1.65 bits per heavy atom. The molecule has 0 spiro atoms. The molecule has 0 aromatic carbocycles. The van der Waals surface area contributed by atoms with Crippen molar-refractivity contribution in [2.75, 3.05) is 27.3 Å². The number of amides is 2. The number of nitrogens with zero attached hydrogens (tertiary/aromatic N) is 2. The van der Waals surface area contributed by atoms with Crippen LogP contribution in [0.4, 0.5) is 4.79 Å². The van der Waals surface area contributed by atoms with Crippen molar-refractivity contribution in [2.45, 2.75) is 19.9 Å². The molecule has 1 aromatic rings. The number of rotatable bonds is 6. The summed E-state index contributed by atoms with van der Waals surface area (Å²) in [7, 11) is 3.38. The topological polar surface area (TPSA) is 54.5 Å². The van der Waals surface area contributed by atoms with Gasteiger partial charge in [0.1, 0.15) is 0 Å². The zero-order valence-electron chi connectivity index (χ0n) is 10.5. The fourth-order valence-corrected chi connectivity index (χ4v) is 2.20. The molecule has 1 aromatic heterocycles. The van der Waals surface area contributed by atoms with Gasteiger partial charge in [0.05, 0.1) is 18.2 Å². The standard InChI is InChI=1S/C11H19N3O2S/c1-4-10-13-7-9(17-10)8-14(2)11(15)12-5-6-16-3/h7H,4-6,8H2,1-3H3,(H,12,15). The molecule has 1 heterocycles. The van der Waals surface area contributed by atoms with Crippen LogP contribution in [0.2, 0.25) is 0 Å². The van der Waals surface area contributed by atoms with Crippen LogP contribution in [-0.4, -0.2) is 43.2 Å². The van der Waals surface area contributed by atoms with Gasteiger partial charge in [-0.15, -0.1) is 11.3 Å². The summed E-state index contributed by atoms with van der Waals surface area (Å²) in [5.74, 6) is 0. The number of hydrogen-bond donors (Lipinski definition) is 1. The third-order valence-corrected chi connectivity index (χ3v) is 3.35. The van der Waals surface area contributed by atoms with E-state index in [2.05, 4.69) is 17.2 Å². The lowest BCUT2D eigenvalue weighted by molar-refractivity contribution is 0.184. The van der Waals surface area contributed by atoms with E-state index in [0.29, 0.717) is 19.7 Å². The van der Waals surface area contributed by atoms with E-state index in [-0.39, 0.29) is 6.03 Å². The molecule has 0 bridgehead atoms. The Kier molecular flexibility index (Phi) is 5.93. The van der Waals surface area contributed by atoms with Crippen LogP contribution < -0.4 is 5.32 Å². The van der Waals surface area contributed by atoms with Crippen molar-refractivity contribution in [3.05, 3.63) is 16.1 Å². The normalized spacial score (nSPS) is 10.3. The smallest absolute Gasteiger partial charge is 0.317 e. The molecule has 0 atom stereocenters. The van der Waals surface area contributed by atoms with Crippen molar-refractivity contribution in [1.29, 1.82) is 0 Å². The Morgan fingerprint density at radius 2 is 2.41 bits per heavy atom. The van der Waals surface area contributed by atoms with Gasteiger partial charge in [0.25, 0.3) is 0 Å². The summed E-state index contributed by atoms with van der Waals surface area (Å²) >= 11 is 1.65. The molecule has 96 valence electrons. The molecule has 17 heavy (non-hydrogen) atoms. The lowest BCUT2D eigenvalue weighted by Gasteiger charge is -2.16. The SMILES string of the molecule is CCc1ncc(CN(C)C(=O)NCCOC)s1. The minimum Gasteiger partial charge on any atom is -0.383 e. The van der Waals surface area contributed by atoms with E-state index in [1.165, 1.54) is 0 Å². The summed E-state index contributed by atoms with van der Waals surface area (Å²) in [6.07, 6.45) is 2.77. The first kappa shape index (κ1) is 13.9. The summed E-state index contributed by atoms with van der Waals surface area (Å²) in [5.41, 5.74) is 0. The van der Waals surface area contributed by atoms with E-state index in [9.17, 15) is 4.79 Å². The van der Waals surface area contributed by atoms with E-state index < -0.39 is 0 Å². The van der Waals surface area contributed by atoms with Crippen molar-refractivity contribution in [2.24, 2.45) is 0 Å². The first-order chi connectivity index (χ1) is 8.17. The van der Waals surface area contributed by atoms with E-state index in [1.807, 2.05) is 6.20 Å². The van der Waals surface area contributed by atoms with Gasteiger partial charge in [-0.1, -0.05) is 6.92 Å². The summed E-state index contributed by atoms with van der Waals surface area (Å²) in [6, 6.07) is -0.0894. The van der Waals surface area contributed by atoms with Gasteiger partial charge in [0, 0.05) is 31.8 Å². The summed E-state index contributed by atoms with van der Waals surface area (Å²) < 4.78 is 4.87. The fraction of sp³-hybridized carbons (Fsp3) is 0.636. The fourth-order valence-electron chi connectivity index (χ4n) is 1.29. The Labute approximate surface area is 106 Å². The number of hydrogen-bond acceptors (Lipinski definition) is 4. The second kappa shape index (κ2) is 7.24. The average molecular weight is 257 g/mol. The molecule has 1 rings (SSSR count). The van der Waals surface area contributed by atoms with Crippen LogP contribution in [0.15, 0.2) is 6.20 Å². The van der Waals surface area contributed by atoms with Crippen molar-refractivity contribution in [3.63, 3.8) is 0 Å². The Bertz CT molecular complexity index is 354. The molecular weight excluding hydrogens is 238 g/mol. The van der Waals surface area contributed by atoms with E-state index >= 15 is 0 Å². The number of thiazole rings is 1. The van der Waals surface area contributed by atoms with E-state index in [4.69, 9.17) is 4.74 Å². The lowest BCUT2D eigenvalue weighted by atomic mass is 10.5. The van der Waals surface area contributed by atoms with E-state index in [1.54, 1.807) is 30.4 Å². The van der Waals surface area contributed by atoms with Crippen molar-refractivity contribution in [1.82, 2.24) is 15.2 Å². The van der Waals surface area contributed by atoms with E-state index in [0.717, 1.165) is 16.3 Å². The predicted molar refractivity (Wildman–Crippen MR) is 68.2 cm³/mol. The third kappa shape index (κ3) is 4.70. The van der Waals surface area contributed by atoms with Gasteiger partial charge in [-0.25, -0.2) is 9.78 Å². The highest BCUT2D eigenvalue weighted by molar-refractivity contribution is 7.11. The zero-order chi connectivity index (χ0) is 12.7. The molecule has 0 unspecified atom stereocenters. The number of ether oxygens (including phenoxy) is 1. The minimum atomic E-state index is -0.0894. The minimum absolute atomic E-state index is 0.0894. The summed E-state index contributed by atoms with van der Waals surface area (Å²) in [5, 5.41) is 3.88. The number of methoxy groups -OCH3 is 1. The van der Waals surface area contributed by atoms with Crippen LogP contribution in [0.3, 0.4) is 0 Å². The van der Waals surface area contributed by atoms with Crippen LogP contribution in [0, 0.1) is 0 Å². The molecular formula is C11H19N3O2S. The lowest BCUT2D eigenvalue weighted by Crippen LogP contribution is -2.38. The van der Waals surface area contributed by atoms with Gasteiger partial charge in [-0.3, -0.25) is 0 Å². The maximum absolute atomic E-state index is 11.6. The number of aryl methyl sites for hydroxylation is 1. The van der Waals surface area contributed by atoms with Gasteiger partial charge in [0.15, 0.2) is 0 Å². The van der Waals surface area contributed by atoms with Crippen LogP contribution in [0.1, 0.15) is 16.8 Å². The first-order valence-electron chi connectivity index (χ1n) is 5.58. The molecule has 0 saturated carbocycles. The van der Waals surface area contributed by atoms with Crippen LogP contribution in [0.5, 0.6) is 0 Å². The first-order valence-corrected chi connectivity index (χ1v) is 6.40. The Morgan fingerprint density at radius 3 is 3.00 bits per heavy atom. The maximum atomic E-state index is 11.6. The Hall–Kier alpha value is -1.14. The second-order valence-electron chi connectivity index (χ2n) is 3.65. The van der Waals surface area contributed by atoms with Gasteiger partial charge in [-0.05, 0) is 6.42 Å². The van der Waals surface area contributed by atoms with Gasteiger partial charge in [0.2, 0.25) is 0 Å². The molecule has 6 heteroatoms. The molecule has 1 N–H and O–H groups in total. The highest BCUT2D eigenvalue weighted by atomic mass is 32.1. The third-order valence-electron chi connectivity index (χ3n) is 2.23. The van der Waals surface area contributed by atoms with Gasteiger partial charge >= 0.3 is 6.03 Å². The molecule has 0 saturated heterocycles. The van der Waals surface area contributed by atoms with Crippen LogP contribution in [0.25, 0.3) is 0 Å². The second-order valence-corrected chi connectivity index (χ2v) is 4.85. The number of nitrogens with one attached hydrogen (secondary N) is 1. The maximum Gasteiger partial charge on any atom is 0.317 e. The number of carbonyl (C=O) groups excluding carboxylic acids is 1. The number of carbonyl (C=O) groups is 1. The van der Waals surface area contributed by atoms with Crippen molar-refractivity contribution >= 4 is 17.4 Å². The number of aromatic nitrogens is 1.